The summed E-state index contributed by atoms with van der Waals surface area (Å²) in [5.41, 5.74) is 0. The molecule has 0 bridgehead atoms. The lowest BCUT2D eigenvalue weighted by molar-refractivity contribution is -0.157. The molecule has 1 aliphatic heterocycles. The quantitative estimate of drug-likeness (QED) is 0.737. The van der Waals surface area contributed by atoms with E-state index in [0.29, 0.717) is 19.6 Å². The van der Waals surface area contributed by atoms with Crippen molar-refractivity contribution in [1.82, 2.24) is 4.90 Å². The van der Waals surface area contributed by atoms with Gasteiger partial charge in [0.2, 0.25) is 0 Å². The highest BCUT2D eigenvalue weighted by molar-refractivity contribution is 5.81. The SMILES string of the molecule is CCOC(=O)N1CCCCC1C(=O)O[C@H](C)C(C)C. The highest BCUT2D eigenvalue weighted by Gasteiger charge is 2.35. The molecule has 1 unspecified atom stereocenters. The van der Waals surface area contributed by atoms with Crippen LogP contribution in [0.2, 0.25) is 0 Å². The van der Waals surface area contributed by atoms with Crippen molar-refractivity contribution in [3.8, 4) is 0 Å². The number of amides is 1. The second-order valence-electron chi connectivity index (χ2n) is 5.29. The number of nitrogens with zero attached hydrogens (tertiary/aromatic N) is 1. The number of hydrogen-bond acceptors (Lipinski definition) is 4. The zero-order chi connectivity index (χ0) is 14.4. The van der Waals surface area contributed by atoms with Crippen molar-refractivity contribution in [1.29, 1.82) is 0 Å². The highest BCUT2D eigenvalue weighted by atomic mass is 16.6. The number of ether oxygens (including phenoxy) is 2. The average Bonchev–Trinajstić information content (AvgIpc) is 2.38. The fraction of sp³-hybridized carbons (Fsp3) is 0.857. The summed E-state index contributed by atoms with van der Waals surface area (Å²) in [5.74, 6) is -0.0439. The Labute approximate surface area is 115 Å². The monoisotopic (exact) mass is 271 g/mol. The van der Waals surface area contributed by atoms with Gasteiger partial charge in [0, 0.05) is 6.54 Å². The Balaban J connectivity index is 2.65. The third kappa shape index (κ3) is 4.40. The summed E-state index contributed by atoms with van der Waals surface area (Å²) in [6, 6.07) is -0.492. The molecule has 1 rings (SSSR count). The smallest absolute Gasteiger partial charge is 0.410 e. The van der Waals surface area contributed by atoms with Gasteiger partial charge in [-0.3, -0.25) is 4.90 Å². The van der Waals surface area contributed by atoms with Gasteiger partial charge >= 0.3 is 12.1 Å². The molecule has 0 aromatic carbocycles. The van der Waals surface area contributed by atoms with Gasteiger partial charge < -0.3 is 9.47 Å². The molecule has 1 aliphatic rings. The van der Waals surface area contributed by atoms with Gasteiger partial charge in [0.1, 0.15) is 12.1 Å². The van der Waals surface area contributed by atoms with E-state index in [1.807, 2.05) is 20.8 Å². The fourth-order valence-electron chi connectivity index (χ4n) is 2.00. The predicted octanol–water partition coefficient (Wildman–Crippen LogP) is 2.59. The summed E-state index contributed by atoms with van der Waals surface area (Å²) in [5, 5.41) is 0. The van der Waals surface area contributed by atoms with Crippen LogP contribution in [-0.2, 0) is 14.3 Å². The molecule has 1 fully saturated rings. The molecule has 2 atom stereocenters. The maximum Gasteiger partial charge on any atom is 0.410 e. The Bertz CT molecular complexity index is 317. The second kappa shape index (κ2) is 7.36. The highest BCUT2D eigenvalue weighted by Crippen LogP contribution is 2.20. The molecule has 0 aromatic heterocycles. The van der Waals surface area contributed by atoms with Crippen LogP contribution in [0.1, 0.15) is 47.0 Å². The molecule has 0 N–H and O–H groups in total. The van der Waals surface area contributed by atoms with Crippen molar-refractivity contribution in [2.45, 2.75) is 59.1 Å². The van der Waals surface area contributed by atoms with Crippen molar-refractivity contribution in [2.24, 2.45) is 5.92 Å². The van der Waals surface area contributed by atoms with Crippen LogP contribution in [0.25, 0.3) is 0 Å². The van der Waals surface area contributed by atoms with Crippen molar-refractivity contribution >= 4 is 12.1 Å². The molecule has 1 heterocycles. The molecule has 0 radical (unpaired) electrons. The van der Waals surface area contributed by atoms with Crippen LogP contribution < -0.4 is 0 Å². The third-order valence-corrected chi connectivity index (χ3v) is 3.52. The number of carbonyl (C=O) groups excluding carboxylic acids is 2. The molecular weight excluding hydrogens is 246 g/mol. The van der Waals surface area contributed by atoms with Crippen LogP contribution in [0.4, 0.5) is 4.79 Å². The Morgan fingerprint density at radius 3 is 2.53 bits per heavy atom. The van der Waals surface area contributed by atoms with Crippen molar-refractivity contribution in [3.63, 3.8) is 0 Å². The van der Waals surface area contributed by atoms with E-state index in [0.717, 1.165) is 12.8 Å². The number of rotatable bonds is 4. The topological polar surface area (TPSA) is 55.8 Å². The first kappa shape index (κ1) is 15.8. The minimum absolute atomic E-state index is 0.140. The van der Waals surface area contributed by atoms with Crippen molar-refractivity contribution < 1.29 is 19.1 Å². The van der Waals surface area contributed by atoms with Gasteiger partial charge in [0.05, 0.1) is 6.61 Å². The normalized spacial score (nSPS) is 21.1. The van der Waals surface area contributed by atoms with Crippen LogP contribution in [-0.4, -0.2) is 42.3 Å². The third-order valence-electron chi connectivity index (χ3n) is 3.52. The average molecular weight is 271 g/mol. The Morgan fingerprint density at radius 1 is 1.26 bits per heavy atom. The van der Waals surface area contributed by atoms with Crippen LogP contribution in [0.3, 0.4) is 0 Å². The van der Waals surface area contributed by atoms with Crippen LogP contribution in [0, 0.1) is 5.92 Å². The number of carbonyl (C=O) groups is 2. The van der Waals surface area contributed by atoms with Gasteiger partial charge in [-0.15, -0.1) is 0 Å². The minimum Gasteiger partial charge on any atom is -0.461 e. The molecule has 0 aliphatic carbocycles. The number of piperidine rings is 1. The molecule has 5 heteroatoms. The van der Waals surface area contributed by atoms with Crippen LogP contribution >= 0.6 is 0 Å². The standard InChI is InChI=1S/C14H25NO4/c1-5-18-14(17)15-9-7-6-8-12(15)13(16)19-11(4)10(2)3/h10-12H,5-9H2,1-4H3/t11-,12?/m1/s1. The molecule has 0 spiro atoms. The molecule has 0 saturated carbocycles. The lowest BCUT2D eigenvalue weighted by Crippen LogP contribution is -2.49. The van der Waals surface area contributed by atoms with E-state index in [-0.39, 0.29) is 18.0 Å². The molecular formula is C14H25NO4. The van der Waals surface area contributed by atoms with Crippen LogP contribution in [0.15, 0.2) is 0 Å². The number of likely N-dealkylation sites (tertiary alicyclic amines) is 1. The van der Waals surface area contributed by atoms with Gasteiger partial charge in [-0.2, -0.15) is 0 Å². The minimum atomic E-state index is -0.492. The number of hydrogen-bond donors (Lipinski definition) is 0. The van der Waals surface area contributed by atoms with Crippen LogP contribution in [0.5, 0.6) is 0 Å². The molecule has 5 nitrogen and oxygen atoms in total. The zero-order valence-corrected chi connectivity index (χ0v) is 12.3. The van der Waals surface area contributed by atoms with Crippen molar-refractivity contribution in [2.75, 3.05) is 13.2 Å². The fourth-order valence-corrected chi connectivity index (χ4v) is 2.00. The first-order valence-corrected chi connectivity index (χ1v) is 7.11. The van der Waals surface area contributed by atoms with E-state index in [4.69, 9.17) is 9.47 Å². The van der Waals surface area contributed by atoms with Gasteiger partial charge in [-0.05, 0) is 39.0 Å². The van der Waals surface area contributed by atoms with E-state index in [9.17, 15) is 9.59 Å². The first-order valence-electron chi connectivity index (χ1n) is 7.11. The van der Waals surface area contributed by atoms with E-state index < -0.39 is 12.1 Å². The second-order valence-corrected chi connectivity index (χ2v) is 5.29. The van der Waals surface area contributed by atoms with Gasteiger partial charge in [-0.25, -0.2) is 9.59 Å². The summed E-state index contributed by atoms with van der Waals surface area (Å²) in [6.45, 7) is 8.52. The van der Waals surface area contributed by atoms with E-state index >= 15 is 0 Å². The van der Waals surface area contributed by atoms with E-state index in [1.54, 1.807) is 6.92 Å². The molecule has 1 saturated heterocycles. The summed E-state index contributed by atoms with van der Waals surface area (Å²) in [7, 11) is 0. The van der Waals surface area contributed by atoms with Gasteiger partial charge in [0.25, 0.3) is 0 Å². The summed E-state index contributed by atoms with van der Waals surface area (Å²) < 4.78 is 10.4. The van der Waals surface area contributed by atoms with Crippen molar-refractivity contribution in [3.05, 3.63) is 0 Å². The first-order chi connectivity index (χ1) is 8.97. The van der Waals surface area contributed by atoms with Gasteiger partial charge in [-0.1, -0.05) is 13.8 Å². The maximum absolute atomic E-state index is 12.2. The lowest BCUT2D eigenvalue weighted by Gasteiger charge is -2.34. The van der Waals surface area contributed by atoms with Gasteiger partial charge in [0.15, 0.2) is 0 Å². The Morgan fingerprint density at radius 2 is 1.95 bits per heavy atom. The maximum atomic E-state index is 12.2. The zero-order valence-electron chi connectivity index (χ0n) is 12.3. The lowest BCUT2D eigenvalue weighted by atomic mass is 10.0. The molecule has 0 aromatic rings. The van der Waals surface area contributed by atoms with E-state index in [1.165, 1.54) is 4.90 Å². The molecule has 1 amide bonds. The summed E-state index contributed by atoms with van der Waals surface area (Å²) >= 11 is 0. The molecule has 110 valence electrons. The summed E-state index contributed by atoms with van der Waals surface area (Å²) in [6.07, 6.45) is 1.94. The Kier molecular flexibility index (Phi) is 6.12. The largest absolute Gasteiger partial charge is 0.461 e. The van der Waals surface area contributed by atoms with E-state index in [2.05, 4.69) is 0 Å². The Hall–Kier alpha value is -1.26. The number of esters is 1. The summed E-state index contributed by atoms with van der Waals surface area (Å²) in [4.78, 5) is 25.5. The molecule has 19 heavy (non-hydrogen) atoms. The predicted molar refractivity (Wildman–Crippen MR) is 71.8 cm³/mol.